The van der Waals surface area contributed by atoms with Gasteiger partial charge in [0.25, 0.3) is 0 Å². The number of carboxylic acid groups (broad SMARTS) is 1. The minimum atomic E-state index is -1.43. The van der Waals surface area contributed by atoms with Gasteiger partial charge in [0.2, 0.25) is 0 Å². The average Bonchev–Trinajstić information content (AvgIpc) is 3.31. The molecule has 13 unspecified atom stereocenters. The number of unbranched alkanes of at least 4 members (excludes halogenated alkanes) is 3. The number of ether oxygens (including phenoxy) is 2. The number of rotatable bonds is 14. The summed E-state index contributed by atoms with van der Waals surface area (Å²) in [5, 5.41) is 48.3. The summed E-state index contributed by atoms with van der Waals surface area (Å²) in [5.41, 5.74) is -0.135. The highest BCUT2D eigenvalue weighted by Gasteiger charge is 2.84. The van der Waals surface area contributed by atoms with E-state index in [-0.39, 0.29) is 47.2 Å². The average molecular weight is 765 g/mol. The Labute approximate surface area is 332 Å². The molecular formula is C48H76O7. The first-order valence-corrected chi connectivity index (χ1v) is 22.5. The van der Waals surface area contributed by atoms with Crippen molar-refractivity contribution >= 4 is 5.97 Å². The van der Waals surface area contributed by atoms with E-state index >= 15 is 0 Å². The van der Waals surface area contributed by atoms with E-state index in [1.54, 1.807) is 7.11 Å². The van der Waals surface area contributed by atoms with Crippen LogP contribution in [0.5, 0.6) is 0 Å². The van der Waals surface area contributed by atoms with Crippen LogP contribution in [0, 0.1) is 55.7 Å². The highest BCUT2D eigenvalue weighted by Crippen LogP contribution is 2.84. The van der Waals surface area contributed by atoms with Gasteiger partial charge in [0, 0.05) is 30.3 Å². The van der Waals surface area contributed by atoms with Crippen molar-refractivity contribution < 1.29 is 34.7 Å². The van der Waals surface area contributed by atoms with Gasteiger partial charge in [-0.15, -0.1) is 0 Å². The Balaban J connectivity index is 1.34. The van der Waals surface area contributed by atoms with Gasteiger partial charge in [-0.05, 0) is 135 Å². The second kappa shape index (κ2) is 14.6. The predicted molar refractivity (Wildman–Crippen MR) is 216 cm³/mol. The summed E-state index contributed by atoms with van der Waals surface area (Å²) >= 11 is 0. The molecule has 6 fully saturated rings. The zero-order valence-electron chi connectivity index (χ0n) is 35.6. The van der Waals surface area contributed by atoms with E-state index in [4.69, 9.17) is 9.47 Å². The molecule has 55 heavy (non-hydrogen) atoms. The van der Waals surface area contributed by atoms with Crippen LogP contribution >= 0.6 is 0 Å². The molecule has 1 aromatic rings. The van der Waals surface area contributed by atoms with Gasteiger partial charge in [0.15, 0.2) is 5.79 Å². The molecule has 1 saturated heterocycles. The number of carboxylic acids is 1. The Bertz CT molecular complexity index is 1550. The molecule has 1 spiro atoms. The van der Waals surface area contributed by atoms with Gasteiger partial charge in [-0.25, -0.2) is 0 Å². The Morgan fingerprint density at radius 2 is 1.55 bits per heavy atom. The van der Waals surface area contributed by atoms with E-state index in [0.717, 1.165) is 89.0 Å². The second-order valence-electron chi connectivity index (χ2n) is 21.1. The molecule has 5 saturated carbocycles. The number of hydrogen-bond donors (Lipinski definition) is 4. The number of carbonyl (C=O) groups is 1. The molecule has 13 atom stereocenters. The number of aliphatic hydroxyl groups excluding tert-OH is 2. The zero-order valence-corrected chi connectivity index (χ0v) is 35.6. The third kappa shape index (κ3) is 5.75. The topological polar surface area (TPSA) is 116 Å². The maximum atomic E-state index is 13.0. The molecule has 6 aliphatic rings. The van der Waals surface area contributed by atoms with Crippen LogP contribution in [0.4, 0.5) is 0 Å². The molecule has 7 rings (SSSR count). The lowest BCUT2D eigenvalue weighted by Gasteiger charge is -2.78. The Morgan fingerprint density at radius 3 is 2.20 bits per heavy atom. The van der Waals surface area contributed by atoms with E-state index in [2.05, 4.69) is 58.9 Å². The highest BCUT2D eigenvalue weighted by atomic mass is 16.6. The summed E-state index contributed by atoms with van der Waals surface area (Å²) in [6.45, 7) is 14.6. The summed E-state index contributed by atoms with van der Waals surface area (Å²) in [7, 11) is 1.73. The van der Waals surface area contributed by atoms with Gasteiger partial charge in [0.05, 0.1) is 30.8 Å². The SMILES string of the molecule is CCCCCCC12CCC3(C)C(CCC45C(Cc6ccc(CCOC)cc6)OC(O)(CC(O)C34CO)C5CCC)C1(C)CCC1(C)CCC(C)(C(=O)O)CC12. The van der Waals surface area contributed by atoms with E-state index in [1.807, 2.05) is 6.92 Å². The first kappa shape index (κ1) is 41.6. The summed E-state index contributed by atoms with van der Waals surface area (Å²) in [6, 6.07) is 8.74. The maximum Gasteiger partial charge on any atom is 0.309 e. The number of aliphatic hydroxyl groups is 3. The summed E-state index contributed by atoms with van der Waals surface area (Å²) in [4.78, 5) is 13.0. The Kier molecular flexibility index (Phi) is 11.1. The van der Waals surface area contributed by atoms with Crippen molar-refractivity contribution in [2.75, 3.05) is 20.3 Å². The molecule has 7 heteroatoms. The van der Waals surface area contributed by atoms with E-state index < -0.39 is 39.5 Å². The van der Waals surface area contributed by atoms with Gasteiger partial charge < -0.3 is 29.9 Å². The molecule has 1 aromatic carbocycles. The van der Waals surface area contributed by atoms with Gasteiger partial charge in [-0.1, -0.05) is 91.0 Å². The Hall–Kier alpha value is -1.51. The third-order valence-corrected chi connectivity index (χ3v) is 19.1. The number of aliphatic carboxylic acids is 1. The van der Waals surface area contributed by atoms with Crippen molar-refractivity contribution in [3.8, 4) is 0 Å². The maximum absolute atomic E-state index is 13.0. The molecule has 7 nitrogen and oxygen atoms in total. The van der Waals surface area contributed by atoms with Crippen molar-refractivity contribution in [3.63, 3.8) is 0 Å². The number of fused-ring (bicyclic) bond motifs is 7. The minimum absolute atomic E-state index is 0.00445. The largest absolute Gasteiger partial charge is 0.481 e. The van der Waals surface area contributed by atoms with Gasteiger partial charge in [-0.3, -0.25) is 4.79 Å². The predicted octanol–water partition coefficient (Wildman–Crippen LogP) is 9.52. The fourth-order valence-corrected chi connectivity index (χ4v) is 16.2. The van der Waals surface area contributed by atoms with E-state index in [9.17, 15) is 25.2 Å². The zero-order chi connectivity index (χ0) is 39.7. The monoisotopic (exact) mass is 765 g/mol. The minimum Gasteiger partial charge on any atom is -0.481 e. The van der Waals surface area contributed by atoms with Gasteiger partial charge in [-0.2, -0.15) is 0 Å². The summed E-state index contributed by atoms with van der Waals surface area (Å²) in [6.07, 6.45) is 16.4. The standard InChI is InChI=1S/C48H76O7/c1-8-10-11-12-20-45-27-26-44(6)35(43(45,5)25-24-41(3)22-23-42(4,40(51)52)30-37(41)45)18-21-46-36(13-9-2)48(53,31-38(50)47(44,46)32-49)55-39(46)29-34-16-14-33(15-17-34)19-28-54-7/h14-17,35-39,49-50,53H,8-13,18-32H2,1-7H3,(H,51,52). The molecule has 310 valence electrons. The molecule has 0 aromatic heterocycles. The quantitative estimate of drug-likeness (QED) is 0.140. The smallest absolute Gasteiger partial charge is 0.309 e. The van der Waals surface area contributed by atoms with Crippen LogP contribution in [0.25, 0.3) is 0 Å². The van der Waals surface area contributed by atoms with Crippen LogP contribution in [-0.4, -0.2) is 64.7 Å². The lowest BCUT2D eigenvalue weighted by atomic mass is 9.25. The molecule has 4 N–H and O–H groups in total. The van der Waals surface area contributed by atoms with Crippen LogP contribution < -0.4 is 0 Å². The molecule has 0 amide bonds. The van der Waals surface area contributed by atoms with Crippen LogP contribution in [0.3, 0.4) is 0 Å². The Morgan fingerprint density at radius 1 is 0.855 bits per heavy atom. The first-order chi connectivity index (χ1) is 26.1. The molecule has 2 bridgehead atoms. The first-order valence-electron chi connectivity index (χ1n) is 22.5. The molecular weight excluding hydrogens is 689 g/mol. The number of methoxy groups -OCH3 is 1. The lowest BCUT2D eigenvalue weighted by molar-refractivity contribution is -0.339. The van der Waals surface area contributed by atoms with Crippen LogP contribution in [0.1, 0.15) is 162 Å². The molecule has 1 heterocycles. The van der Waals surface area contributed by atoms with Gasteiger partial charge in [0.1, 0.15) is 0 Å². The van der Waals surface area contributed by atoms with Crippen LogP contribution in [-0.2, 0) is 27.1 Å². The highest BCUT2D eigenvalue weighted by molar-refractivity contribution is 5.74. The van der Waals surface area contributed by atoms with Gasteiger partial charge >= 0.3 is 5.97 Å². The van der Waals surface area contributed by atoms with Crippen molar-refractivity contribution in [2.24, 2.45) is 55.7 Å². The third-order valence-electron chi connectivity index (χ3n) is 19.1. The van der Waals surface area contributed by atoms with Crippen LogP contribution in [0.15, 0.2) is 24.3 Å². The number of hydrogen-bond acceptors (Lipinski definition) is 6. The van der Waals surface area contributed by atoms with E-state index in [1.165, 1.54) is 31.2 Å². The van der Waals surface area contributed by atoms with Crippen molar-refractivity contribution in [2.45, 2.75) is 182 Å². The van der Waals surface area contributed by atoms with Crippen LogP contribution in [0.2, 0.25) is 0 Å². The molecule has 1 aliphatic heterocycles. The summed E-state index contributed by atoms with van der Waals surface area (Å²) < 4.78 is 12.3. The van der Waals surface area contributed by atoms with E-state index in [0.29, 0.717) is 18.9 Å². The normalized spacial score (nSPS) is 47.3. The van der Waals surface area contributed by atoms with Crippen molar-refractivity contribution in [3.05, 3.63) is 35.4 Å². The second-order valence-corrected chi connectivity index (χ2v) is 21.1. The van der Waals surface area contributed by atoms with Crippen molar-refractivity contribution in [1.82, 2.24) is 0 Å². The molecule has 5 aliphatic carbocycles. The number of benzene rings is 1. The molecule has 0 radical (unpaired) electrons. The fourth-order valence-electron chi connectivity index (χ4n) is 16.2. The summed E-state index contributed by atoms with van der Waals surface area (Å²) in [5.74, 6) is -1.67. The fraction of sp³-hybridized carbons (Fsp3) is 0.854. The van der Waals surface area contributed by atoms with Crippen molar-refractivity contribution in [1.29, 1.82) is 0 Å². The lowest BCUT2D eigenvalue weighted by Crippen LogP contribution is -2.77.